The highest BCUT2D eigenvalue weighted by Crippen LogP contribution is 2.36. The first-order chi connectivity index (χ1) is 20.4. The Kier molecular flexibility index (Phi) is 6.88. The van der Waals surface area contributed by atoms with Crippen LogP contribution >= 0.6 is 0 Å². The molecule has 0 spiro atoms. The Morgan fingerprint density at radius 1 is 1.14 bits per heavy atom. The number of nitrogens with one attached hydrogen (secondary N) is 1. The van der Waals surface area contributed by atoms with Gasteiger partial charge in [0, 0.05) is 30.5 Å². The summed E-state index contributed by atoms with van der Waals surface area (Å²) in [5, 5.41) is 3.69. The van der Waals surface area contributed by atoms with Crippen molar-refractivity contribution in [1.82, 2.24) is 29.2 Å². The van der Waals surface area contributed by atoms with Gasteiger partial charge in [-0.3, -0.25) is 19.4 Å². The van der Waals surface area contributed by atoms with Gasteiger partial charge in [-0.15, -0.1) is 6.58 Å². The fourth-order valence-corrected chi connectivity index (χ4v) is 5.78. The Balaban J connectivity index is 1.45. The summed E-state index contributed by atoms with van der Waals surface area (Å²) in [6.07, 6.45) is 4.18. The topological polar surface area (TPSA) is 110 Å². The first-order valence-electron chi connectivity index (χ1n) is 14.5. The minimum Gasteiger partial charge on any atom is -0.480 e. The number of fused-ring (bicyclic) bond motifs is 3. The SMILES string of the molecule is C=CCn1c(=O)c2cnc(Nc3ccc4c(c3)C(C)(C)N(C)CC4)nc2n1-c1ccc2c(n1)N(CC(C)(C)C)C(=O)CO2. The summed E-state index contributed by atoms with van der Waals surface area (Å²) in [4.78, 5) is 44.6. The van der Waals surface area contributed by atoms with Gasteiger partial charge in [-0.05, 0) is 68.1 Å². The molecule has 5 heterocycles. The second-order valence-electron chi connectivity index (χ2n) is 13.0. The molecule has 0 bridgehead atoms. The molecular formula is C32H38N8O3. The van der Waals surface area contributed by atoms with Gasteiger partial charge in [0.05, 0.1) is 6.54 Å². The van der Waals surface area contributed by atoms with E-state index in [-0.39, 0.29) is 35.6 Å². The molecule has 3 aromatic heterocycles. The second kappa shape index (κ2) is 10.3. The van der Waals surface area contributed by atoms with Crippen LogP contribution in [0.1, 0.15) is 45.7 Å². The number of amides is 1. The van der Waals surface area contributed by atoms with E-state index in [1.165, 1.54) is 22.0 Å². The van der Waals surface area contributed by atoms with Crippen molar-refractivity contribution in [1.29, 1.82) is 0 Å². The molecule has 11 nitrogen and oxygen atoms in total. The van der Waals surface area contributed by atoms with Crippen LogP contribution in [0.15, 0.2) is 54.0 Å². The number of nitrogens with zero attached hydrogens (tertiary/aromatic N) is 7. The number of allylic oxidation sites excluding steroid dienone is 1. The van der Waals surface area contributed by atoms with E-state index >= 15 is 0 Å². The molecule has 0 atom stereocenters. The van der Waals surface area contributed by atoms with Gasteiger partial charge in [-0.25, -0.2) is 19.3 Å². The van der Waals surface area contributed by atoms with Gasteiger partial charge in [-0.2, -0.15) is 4.98 Å². The maximum absolute atomic E-state index is 13.5. The zero-order chi connectivity index (χ0) is 30.7. The van der Waals surface area contributed by atoms with Crippen molar-refractivity contribution < 1.29 is 9.53 Å². The maximum Gasteiger partial charge on any atom is 0.278 e. The fraction of sp³-hybridized carbons (Fsp3) is 0.406. The lowest BCUT2D eigenvalue weighted by Crippen LogP contribution is -2.44. The van der Waals surface area contributed by atoms with E-state index in [2.05, 4.69) is 75.6 Å². The van der Waals surface area contributed by atoms with Crippen LogP contribution in [0, 0.1) is 5.41 Å². The average molecular weight is 583 g/mol. The molecule has 0 radical (unpaired) electrons. The third kappa shape index (κ3) is 5.07. The lowest BCUT2D eigenvalue weighted by Gasteiger charge is -2.41. The molecule has 0 aliphatic carbocycles. The van der Waals surface area contributed by atoms with Crippen LogP contribution < -0.4 is 20.5 Å². The number of rotatable bonds is 6. The van der Waals surface area contributed by atoms with E-state index in [1.54, 1.807) is 27.8 Å². The summed E-state index contributed by atoms with van der Waals surface area (Å²) in [5.41, 5.74) is 3.31. The summed E-state index contributed by atoms with van der Waals surface area (Å²) in [6, 6.07) is 9.89. The van der Waals surface area contributed by atoms with Crippen LogP contribution in [0.25, 0.3) is 16.9 Å². The van der Waals surface area contributed by atoms with Crippen LogP contribution in [0.5, 0.6) is 5.75 Å². The Bertz CT molecular complexity index is 1810. The number of hydrogen-bond donors (Lipinski definition) is 1. The van der Waals surface area contributed by atoms with E-state index < -0.39 is 0 Å². The number of aromatic nitrogens is 5. The number of anilines is 3. The van der Waals surface area contributed by atoms with Gasteiger partial charge in [0.1, 0.15) is 5.39 Å². The standard InChI is InChI=1S/C32H38N8O3/c1-8-14-39-29(42)22-17-33-30(34-21-10-9-20-13-15-37(7)32(5,6)23(20)16-21)36-27(22)40(39)25-12-11-24-28(35-25)38(19-31(2,3)4)26(41)18-43-24/h8-12,16-17H,1,13-15,18-19H2,2-7H3,(H,33,34,36). The molecule has 1 N–H and O–H groups in total. The van der Waals surface area contributed by atoms with Gasteiger partial charge in [0.15, 0.2) is 29.6 Å². The number of ether oxygens (including phenoxy) is 1. The number of carbonyl (C=O) groups excluding carboxylic acids is 1. The normalized spacial score (nSPS) is 16.5. The van der Waals surface area contributed by atoms with E-state index in [9.17, 15) is 9.59 Å². The number of hydrogen-bond acceptors (Lipinski definition) is 8. The van der Waals surface area contributed by atoms with Crippen LogP contribution in [0.4, 0.5) is 17.5 Å². The molecule has 0 saturated heterocycles. The smallest absolute Gasteiger partial charge is 0.278 e. The molecule has 2 aliphatic rings. The van der Waals surface area contributed by atoms with Crippen molar-refractivity contribution in [2.45, 2.75) is 53.1 Å². The molecule has 0 fully saturated rings. The average Bonchev–Trinajstić information content (AvgIpc) is 3.22. The van der Waals surface area contributed by atoms with Crippen molar-refractivity contribution in [3.05, 3.63) is 70.7 Å². The highest BCUT2D eigenvalue weighted by molar-refractivity contribution is 5.97. The van der Waals surface area contributed by atoms with E-state index in [0.717, 1.165) is 18.7 Å². The molecule has 0 unspecified atom stereocenters. The summed E-state index contributed by atoms with van der Waals surface area (Å²) in [7, 11) is 2.15. The third-order valence-electron chi connectivity index (χ3n) is 8.26. The van der Waals surface area contributed by atoms with Crippen molar-refractivity contribution in [3.8, 4) is 11.6 Å². The van der Waals surface area contributed by atoms with Gasteiger partial charge >= 0.3 is 0 Å². The minimum absolute atomic E-state index is 0.0455. The molecule has 11 heteroatoms. The Morgan fingerprint density at radius 3 is 2.67 bits per heavy atom. The predicted octanol–water partition coefficient (Wildman–Crippen LogP) is 4.40. The van der Waals surface area contributed by atoms with Crippen molar-refractivity contribution in [2.75, 3.05) is 37.0 Å². The molecule has 224 valence electrons. The van der Waals surface area contributed by atoms with E-state index in [0.29, 0.717) is 40.9 Å². The fourth-order valence-electron chi connectivity index (χ4n) is 5.78. The van der Waals surface area contributed by atoms with Crippen LogP contribution in [0.2, 0.25) is 0 Å². The summed E-state index contributed by atoms with van der Waals surface area (Å²) < 4.78 is 8.88. The minimum atomic E-state index is -0.265. The molecule has 6 rings (SSSR count). The van der Waals surface area contributed by atoms with E-state index in [1.807, 2.05) is 6.07 Å². The lowest BCUT2D eigenvalue weighted by molar-refractivity contribution is -0.121. The maximum atomic E-state index is 13.5. The Hall–Kier alpha value is -4.51. The predicted molar refractivity (Wildman–Crippen MR) is 168 cm³/mol. The molecule has 2 aliphatic heterocycles. The van der Waals surface area contributed by atoms with Gasteiger partial charge in [0.2, 0.25) is 5.95 Å². The molecule has 0 saturated carbocycles. The highest BCUT2D eigenvalue weighted by atomic mass is 16.5. The van der Waals surface area contributed by atoms with E-state index in [4.69, 9.17) is 14.7 Å². The highest BCUT2D eigenvalue weighted by Gasteiger charge is 2.33. The molecule has 4 aromatic rings. The monoisotopic (exact) mass is 582 g/mol. The number of likely N-dealkylation sites (N-methyl/N-ethyl adjacent to an activating group) is 1. The van der Waals surface area contributed by atoms with Crippen LogP contribution in [-0.2, 0) is 23.3 Å². The second-order valence-corrected chi connectivity index (χ2v) is 13.0. The molecule has 1 aromatic carbocycles. The molecule has 43 heavy (non-hydrogen) atoms. The zero-order valence-corrected chi connectivity index (χ0v) is 25.6. The largest absolute Gasteiger partial charge is 0.480 e. The Morgan fingerprint density at radius 2 is 1.93 bits per heavy atom. The first kappa shape index (κ1) is 28.6. The molecular weight excluding hydrogens is 544 g/mol. The van der Waals surface area contributed by atoms with Gasteiger partial charge in [0.25, 0.3) is 11.5 Å². The van der Waals surface area contributed by atoms with Crippen LogP contribution in [-0.4, -0.2) is 61.9 Å². The summed E-state index contributed by atoms with van der Waals surface area (Å²) >= 11 is 0. The number of carbonyl (C=O) groups is 1. The zero-order valence-electron chi connectivity index (χ0n) is 25.6. The summed E-state index contributed by atoms with van der Waals surface area (Å²) in [5.74, 6) is 1.54. The van der Waals surface area contributed by atoms with Gasteiger partial charge < -0.3 is 10.1 Å². The van der Waals surface area contributed by atoms with Crippen LogP contribution in [0.3, 0.4) is 0 Å². The lowest BCUT2D eigenvalue weighted by atomic mass is 9.83. The summed E-state index contributed by atoms with van der Waals surface area (Å²) in [6.45, 7) is 16.1. The van der Waals surface area contributed by atoms with Crippen molar-refractivity contribution in [2.24, 2.45) is 5.41 Å². The first-order valence-corrected chi connectivity index (χ1v) is 14.5. The number of pyridine rings is 1. The molecule has 1 amide bonds. The van der Waals surface area contributed by atoms with Crippen molar-refractivity contribution >= 4 is 34.4 Å². The quantitative estimate of drug-likeness (QED) is 0.333. The van der Waals surface area contributed by atoms with Gasteiger partial charge in [-0.1, -0.05) is 32.9 Å². The third-order valence-corrected chi connectivity index (χ3v) is 8.26. The van der Waals surface area contributed by atoms with Crippen molar-refractivity contribution in [3.63, 3.8) is 0 Å². The Labute approximate surface area is 250 Å². The number of benzene rings is 1.